The van der Waals surface area contributed by atoms with Crippen molar-refractivity contribution in [3.63, 3.8) is 0 Å². The van der Waals surface area contributed by atoms with E-state index in [9.17, 15) is 0 Å². The van der Waals surface area contributed by atoms with Crippen molar-refractivity contribution >= 4 is 12.6 Å². The topological polar surface area (TPSA) is 44.0 Å². The summed E-state index contributed by atoms with van der Waals surface area (Å²) < 4.78 is 0. The summed E-state index contributed by atoms with van der Waals surface area (Å²) in [4.78, 5) is 1.02. The molecule has 1 aromatic rings. The minimum Gasteiger partial charge on any atom is -1.00 e. The zero-order valence-electron chi connectivity index (χ0n) is 7.23. The number of aliphatic hydroxyl groups is 1. The summed E-state index contributed by atoms with van der Waals surface area (Å²) >= 11 is 4.08. The molecule has 2 nitrogen and oxygen atoms in total. The molecule has 0 atom stereocenters. The van der Waals surface area contributed by atoms with Crippen LogP contribution in [0.5, 0.6) is 0 Å². The van der Waals surface area contributed by atoms with E-state index < -0.39 is 0 Å². The number of hydrogen-bond donors (Lipinski definition) is 2. The van der Waals surface area contributed by atoms with Gasteiger partial charge < -0.3 is 6.53 Å². The Kier molecular flexibility index (Phi) is 12.1. The fraction of sp³-hybridized carbons (Fsp3) is 0. The zero-order chi connectivity index (χ0) is 7.82. The summed E-state index contributed by atoms with van der Waals surface area (Å²) in [6.45, 7) is 0. The van der Waals surface area contributed by atoms with Gasteiger partial charge in [-0.05, 0) is 12.1 Å². The van der Waals surface area contributed by atoms with Crippen LogP contribution in [0, 0.1) is 11.5 Å². The van der Waals surface area contributed by atoms with Crippen molar-refractivity contribution in [3.05, 3.63) is 30.3 Å². The molecule has 1 aromatic carbocycles. The number of nitriles is 1. The van der Waals surface area contributed by atoms with Crippen LogP contribution in [0.15, 0.2) is 35.2 Å². The van der Waals surface area contributed by atoms with Crippen LogP contribution in [0.2, 0.25) is 0 Å². The van der Waals surface area contributed by atoms with Crippen molar-refractivity contribution in [1.82, 2.24) is 0 Å². The molecule has 54 valence electrons. The maximum Gasteiger partial charge on any atom is 1.00 e. The van der Waals surface area contributed by atoms with Gasteiger partial charge in [0.2, 0.25) is 0 Å². The summed E-state index contributed by atoms with van der Waals surface area (Å²) in [7, 11) is 0. The molecule has 0 bridgehead atoms. The predicted molar refractivity (Wildman–Crippen MR) is 42.4 cm³/mol. The normalized spacial score (nSPS) is 6.18. The molecule has 0 aliphatic heterocycles. The number of aliphatic hydroxyl groups excluding tert-OH is 1. The number of nitrogens with zero attached hydrogens (tertiary/aromatic N) is 1. The van der Waals surface area contributed by atoms with E-state index in [2.05, 4.69) is 12.6 Å². The third-order valence-corrected chi connectivity index (χ3v) is 1.05. The summed E-state index contributed by atoms with van der Waals surface area (Å²) in [5, 5.41) is 13.8. The van der Waals surface area contributed by atoms with Crippen molar-refractivity contribution < 1.29 is 36.1 Å². The van der Waals surface area contributed by atoms with E-state index >= 15 is 0 Å². The molecule has 1 rings (SSSR count). The number of rotatable bonds is 0. The molecule has 0 saturated heterocycles. The molecule has 0 spiro atoms. The first-order valence-corrected chi connectivity index (χ1v) is 3.03. The summed E-state index contributed by atoms with van der Waals surface area (Å²) in [6.07, 6.45) is 0.750. The fourth-order valence-electron chi connectivity index (χ4n) is 0.428. The molecular weight excluding hydrogens is 169 g/mol. The van der Waals surface area contributed by atoms with Gasteiger partial charge in [-0.3, -0.25) is 0 Å². The Hall–Kier alpha value is -0.140. The van der Waals surface area contributed by atoms with Crippen molar-refractivity contribution in [2.45, 2.75) is 4.90 Å². The third-order valence-electron chi connectivity index (χ3n) is 0.756. The van der Waals surface area contributed by atoms with Gasteiger partial charge in [0.25, 0.3) is 6.26 Å². The van der Waals surface area contributed by atoms with Crippen LogP contribution >= 0.6 is 12.6 Å². The van der Waals surface area contributed by atoms with E-state index in [1.807, 2.05) is 30.3 Å². The van der Waals surface area contributed by atoms with Crippen LogP contribution in [0.3, 0.4) is 0 Å². The molecule has 0 fully saturated rings. The molecular formula is C7H8NNaOS. The van der Waals surface area contributed by atoms with Crippen molar-refractivity contribution in [3.8, 4) is 6.26 Å². The summed E-state index contributed by atoms with van der Waals surface area (Å²) in [5.41, 5.74) is 0. The predicted octanol–water partition coefficient (Wildman–Crippen LogP) is -1.07. The van der Waals surface area contributed by atoms with Gasteiger partial charge in [-0.1, -0.05) is 18.2 Å². The Balaban J connectivity index is -0.000000146. The smallest absolute Gasteiger partial charge is 1.00 e. The maximum atomic E-state index is 6.88. The van der Waals surface area contributed by atoms with Gasteiger partial charge in [0, 0.05) is 4.90 Å². The van der Waals surface area contributed by atoms with E-state index in [1.54, 1.807) is 0 Å². The second kappa shape index (κ2) is 9.86. The van der Waals surface area contributed by atoms with E-state index in [0.29, 0.717) is 0 Å². The second-order valence-electron chi connectivity index (χ2n) is 1.44. The molecule has 0 amide bonds. The monoisotopic (exact) mass is 177 g/mol. The van der Waals surface area contributed by atoms with Gasteiger partial charge in [-0.2, -0.15) is 5.26 Å². The van der Waals surface area contributed by atoms with E-state index in [-0.39, 0.29) is 31.0 Å². The van der Waals surface area contributed by atoms with E-state index in [0.717, 1.165) is 11.2 Å². The van der Waals surface area contributed by atoms with Crippen LogP contribution in [0.25, 0.3) is 0 Å². The molecule has 0 radical (unpaired) electrons. The quantitative estimate of drug-likeness (QED) is 0.301. The van der Waals surface area contributed by atoms with Crippen molar-refractivity contribution in [2.24, 2.45) is 0 Å². The first kappa shape index (κ1) is 13.4. The summed E-state index contributed by atoms with van der Waals surface area (Å²) in [5.74, 6) is 0. The Morgan fingerprint density at radius 3 is 1.91 bits per heavy atom. The van der Waals surface area contributed by atoms with Gasteiger partial charge in [0.05, 0.1) is 0 Å². The van der Waals surface area contributed by atoms with Crippen molar-refractivity contribution in [2.75, 3.05) is 0 Å². The molecule has 11 heavy (non-hydrogen) atoms. The minimum atomic E-state index is 0. The molecule has 4 heteroatoms. The zero-order valence-corrected chi connectivity index (χ0v) is 9.12. The largest absolute Gasteiger partial charge is 1.00 e. The first-order valence-electron chi connectivity index (χ1n) is 2.58. The van der Waals surface area contributed by atoms with Crippen LogP contribution in [0.4, 0.5) is 0 Å². The number of benzene rings is 1. The molecule has 0 saturated carbocycles. The first-order chi connectivity index (χ1) is 4.81. The van der Waals surface area contributed by atoms with Crippen LogP contribution in [-0.2, 0) is 0 Å². The summed E-state index contributed by atoms with van der Waals surface area (Å²) in [6, 6.07) is 9.79. The maximum absolute atomic E-state index is 6.88. The molecule has 0 aromatic heterocycles. The Morgan fingerprint density at radius 1 is 1.36 bits per heavy atom. The second-order valence-corrected chi connectivity index (χ2v) is 1.95. The molecule has 0 aliphatic rings. The average Bonchev–Trinajstić information content (AvgIpc) is 1.91. The molecule has 1 N–H and O–H groups in total. The number of hydrogen-bond acceptors (Lipinski definition) is 3. The van der Waals surface area contributed by atoms with E-state index in [1.165, 1.54) is 0 Å². The van der Waals surface area contributed by atoms with Crippen LogP contribution in [0.1, 0.15) is 1.43 Å². The van der Waals surface area contributed by atoms with Gasteiger partial charge in [0.15, 0.2) is 0 Å². The Morgan fingerprint density at radius 2 is 1.73 bits per heavy atom. The molecule has 0 aliphatic carbocycles. The average molecular weight is 177 g/mol. The number of thiol groups is 1. The van der Waals surface area contributed by atoms with E-state index in [4.69, 9.17) is 10.4 Å². The van der Waals surface area contributed by atoms with Gasteiger partial charge in [0.1, 0.15) is 0 Å². The Bertz CT molecular complexity index is 214. The molecule has 0 heterocycles. The Labute approximate surface area is 95.0 Å². The van der Waals surface area contributed by atoms with Gasteiger partial charge in [-0.25, -0.2) is 0 Å². The van der Waals surface area contributed by atoms with Gasteiger partial charge >= 0.3 is 29.6 Å². The third kappa shape index (κ3) is 9.86. The minimum absolute atomic E-state index is 0. The fourth-order valence-corrected chi connectivity index (χ4v) is 0.600. The van der Waals surface area contributed by atoms with Gasteiger partial charge in [-0.15, -0.1) is 12.6 Å². The standard InChI is InChI=1S/C6H6S.CHNO.Na.H/c7-6-4-2-1-3-5-6;2-1-3;;/h1-5,7H;3H;;/q;;+1;-1. The van der Waals surface area contributed by atoms with Crippen LogP contribution < -0.4 is 29.6 Å². The molecule has 0 unspecified atom stereocenters. The van der Waals surface area contributed by atoms with Crippen LogP contribution in [-0.4, -0.2) is 5.11 Å². The SMILES string of the molecule is N#CO.Sc1ccccc1.[H-].[Na+]. The van der Waals surface area contributed by atoms with Crippen molar-refractivity contribution in [1.29, 1.82) is 5.26 Å².